The third kappa shape index (κ3) is 4.95. The lowest BCUT2D eigenvalue weighted by Crippen LogP contribution is -2.45. The Labute approximate surface area is 159 Å². The van der Waals surface area contributed by atoms with Crippen LogP contribution in [0.15, 0.2) is 47.8 Å². The average Bonchev–Trinajstić information content (AvgIpc) is 2.68. The predicted molar refractivity (Wildman–Crippen MR) is 105 cm³/mol. The number of anilines is 1. The number of rotatable bonds is 6. The van der Waals surface area contributed by atoms with Gasteiger partial charge in [-0.25, -0.2) is 9.97 Å². The van der Waals surface area contributed by atoms with Gasteiger partial charge >= 0.3 is 0 Å². The second-order valence-corrected chi connectivity index (χ2v) is 7.78. The van der Waals surface area contributed by atoms with Crippen molar-refractivity contribution in [2.45, 2.75) is 23.7 Å². The zero-order chi connectivity index (χ0) is 18.4. The standard InChI is InChI=1S/C19H25N5OS/c1-15(26-17-7-3-4-8-20-17)19(25)22-14-16-6-5-9-21-18(16)24-12-10-23(2)11-13-24/h3-9,15H,10-14H2,1-2H3,(H,22,25)/t15-/m1/s1. The fourth-order valence-corrected chi connectivity index (χ4v) is 3.68. The number of nitrogens with zero attached hydrogens (tertiary/aromatic N) is 4. The van der Waals surface area contributed by atoms with Crippen LogP contribution in [0.1, 0.15) is 12.5 Å². The highest BCUT2D eigenvalue weighted by molar-refractivity contribution is 8.00. The summed E-state index contributed by atoms with van der Waals surface area (Å²) in [5, 5.41) is 3.70. The van der Waals surface area contributed by atoms with Gasteiger partial charge in [0.1, 0.15) is 5.82 Å². The van der Waals surface area contributed by atoms with E-state index in [0.717, 1.165) is 42.6 Å². The quantitative estimate of drug-likeness (QED) is 0.784. The van der Waals surface area contributed by atoms with Gasteiger partial charge in [0.15, 0.2) is 0 Å². The van der Waals surface area contributed by atoms with Gasteiger partial charge in [-0.3, -0.25) is 4.79 Å². The first kappa shape index (κ1) is 18.7. The highest BCUT2D eigenvalue weighted by Gasteiger charge is 2.19. The zero-order valence-corrected chi connectivity index (χ0v) is 16.1. The lowest BCUT2D eigenvalue weighted by molar-refractivity contribution is -0.120. The summed E-state index contributed by atoms with van der Waals surface area (Å²) in [4.78, 5) is 25.9. The predicted octanol–water partition coefficient (Wildman–Crippen LogP) is 2.03. The summed E-state index contributed by atoms with van der Waals surface area (Å²) in [6.45, 7) is 6.36. The molecule has 2 aromatic rings. The third-order valence-electron chi connectivity index (χ3n) is 4.43. The Morgan fingerprint density at radius 3 is 2.65 bits per heavy atom. The number of pyridine rings is 2. The van der Waals surface area contributed by atoms with E-state index >= 15 is 0 Å². The summed E-state index contributed by atoms with van der Waals surface area (Å²) in [5.41, 5.74) is 1.06. The first-order valence-electron chi connectivity index (χ1n) is 8.86. The van der Waals surface area contributed by atoms with Crippen molar-refractivity contribution in [1.82, 2.24) is 20.2 Å². The molecule has 1 aliphatic rings. The van der Waals surface area contributed by atoms with Gasteiger partial charge in [0.25, 0.3) is 0 Å². The van der Waals surface area contributed by atoms with E-state index in [2.05, 4.69) is 32.1 Å². The molecule has 0 saturated carbocycles. The topological polar surface area (TPSA) is 61.4 Å². The molecular formula is C19H25N5OS. The number of aromatic nitrogens is 2. The molecule has 3 heterocycles. The van der Waals surface area contributed by atoms with E-state index < -0.39 is 0 Å². The second-order valence-electron chi connectivity index (χ2n) is 6.42. The van der Waals surface area contributed by atoms with Crippen LogP contribution in [0.3, 0.4) is 0 Å². The maximum atomic E-state index is 12.5. The van der Waals surface area contributed by atoms with E-state index in [1.807, 2.05) is 43.5 Å². The van der Waals surface area contributed by atoms with Crippen LogP contribution in [0, 0.1) is 0 Å². The molecule has 0 radical (unpaired) electrons. The van der Waals surface area contributed by atoms with E-state index in [9.17, 15) is 4.79 Å². The third-order valence-corrected chi connectivity index (χ3v) is 5.48. The van der Waals surface area contributed by atoms with Gasteiger partial charge in [0.05, 0.1) is 10.3 Å². The molecule has 0 unspecified atom stereocenters. The molecule has 0 spiro atoms. The van der Waals surface area contributed by atoms with Crippen molar-refractivity contribution in [1.29, 1.82) is 0 Å². The maximum absolute atomic E-state index is 12.5. The van der Waals surface area contributed by atoms with E-state index in [-0.39, 0.29) is 11.2 Å². The van der Waals surface area contributed by atoms with E-state index in [0.29, 0.717) is 6.54 Å². The fourth-order valence-electron chi connectivity index (χ4n) is 2.85. The van der Waals surface area contributed by atoms with Crippen LogP contribution in [0.2, 0.25) is 0 Å². The van der Waals surface area contributed by atoms with Gasteiger partial charge in [0.2, 0.25) is 5.91 Å². The SMILES string of the molecule is C[C@@H](Sc1ccccn1)C(=O)NCc1cccnc1N1CCN(C)CC1. The number of hydrogen-bond acceptors (Lipinski definition) is 6. The summed E-state index contributed by atoms with van der Waals surface area (Å²) < 4.78 is 0. The summed E-state index contributed by atoms with van der Waals surface area (Å²) in [6.07, 6.45) is 3.56. The molecule has 0 aliphatic carbocycles. The monoisotopic (exact) mass is 371 g/mol. The lowest BCUT2D eigenvalue weighted by Gasteiger charge is -2.34. The Morgan fingerprint density at radius 1 is 1.15 bits per heavy atom. The summed E-state index contributed by atoms with van der Waals surface area (Å²) in [7, 11) is 2.14. The number of carbonyl (C=O) groups excluding carboxylic acids is 1. The molecule has 26 heavy (non-hydrogen) atoms. The first-order valence-corrected chi connectivity index (χ1v) is 9.74. The Morgan fingerprint density at radius 2 is 1.92 bits per heavy atom. The molecule has 2 aromatic heterocycles. The number of likely N-dealkylation sites (N-methyl/N-ethyl adjacent to an activating group) is 1. The average molecular weight is 372 g/mol. The van der Waals surface area contributed by atoms with Gasteiger partial charge in [-0.2, -0.15) is 0 Å². The number of piperazine rings is 1. The number of hydrogen-bond donors (Lipinski definition) is 1. The van der Waals surface area contributed by atoms with Crippen LogP contribution in [0.4, 0.5) is 5.82 Å². The van der Waals surface area contributed by atoms with Crippen molar-refractivity contribution in [3.05, 3.63) is 48.3 Å². The summed E-state index contributed by atoms with van der Waals surface area (Å²) in [5.74, 6) is 0.986. The van der Waals surface area contributed by atoms with Crippen LogP contribution in [-0.2, 0) is 11.3 Å². The highest BCUT2D eigenvalue weighted by atomic mass is 32.2. The molecule has 1 amide bonds. The van der Waals surface area contributed by atoms with Gasteiger partial charge in [-0.05, 0) is 32.2 Å². The van der Waals surface area contributed by atoms with E-state index in [1.165, 1.54) is 11.8 Å². The molecule has 1 fully saturated rings. The largest absolute Gasteiger partial charge is 0.354 e. The minimum Gasteiger partial charge on any atom is -0.354 e. The molecule has 0 aromatic carbocycles. The fraction of sp³-hybridized carbons (Fsp3) is 0.421. The molecule has 1 aliphatic heterocycles. The summed E-state index contributed by atoms with van der Waals surface area (Å²) >= 11 is 1.46. The zero-order valence-electron chi connectivity index (χ0n) is 15.3. The van der Waals surface area contributed by atoms with E-state index in [1.54, 1.807) is 6.20 Å². The number of nitrogens with one attached hydrogen (secondary N) is 1. The number of thioether (sulfide) groups is 1. The molecule has 1 saturated heterocycles. The molecule has 7 heteroatoms. The minimum absolute atomic E-state index is 0.00818. The lowest BCUT2D eigenvalue weighted by atomic mass is 10.2. The van der Waals surface area contributed by atoms with Crippen LogP contribution in [0.5, 0.6) is 0 Å². The van der Waals surface area contributed by atoms with Crippen LogP contribution < -0.4 is 10.2 Å². The minimum atomic E-state index is -0.200. The molecule has 3 rings (SSSR count). The maximum Gasteiger partial charge on any atom is 0.233 e. The Kier molecular flexibility index (Phi) is 6.46. The van der Waals surface area contributed by atoms with Crippen molar-refractivity contribution in [2.24, 2.45) is 0 Å². The Hall–Kier alpha value is -2.12. The van der Waals surface area contributed by atoms with Gasteiger partial charge < -0.3 is 15.1 Å². The molecular weight excluding hydrogens is 346 g/mol. The normalized spacial score (nSPS) is 16.3. The Balaban J connectivity index is 1.58. The van der Waals surface area contributed by atoms with Crippen LogP contribution in [-0.4, -0.2) is 59.3 Å². The second kappa shape index (κ2) is 9.00. The van der Waals surface area contributed by atoms with Crippen molar-refractivity contribution in [3.8, 4) is 0 Å². The van der Waals surface area contributed by atoms with Gasteiger partial charge in [0, 0.05) is 50.7 Å². The van der Waals surface area contributed by atoms with Gasteiger partial charge in [-0.1, -0.05) is 23.9 Å². The van der Waals surface area contributed by atoms with Crippen molar-refractivity contribution >= 4 is 23.5 Å². The van der Waals surface area contributed by atoms with E-state index in [4.69, 9.17) is 0 Å². The van der Waals surface area contributed by atoms with Crippen molar-refractivity contribution in [3.63, 3.8) is 0 Å². The van der Waals surface area contributed by atoms with Crippen LogP contribution >= 0.6 is 11.8 Å². The summed E-state index contributed by atoms with van der Waals surface area (Å²) in [6, 6.07) is 9.68. The molecule has 1 atom stereocenters. The smallest absolute Gasteiger partial charge is 0.233 e. The molecule has 6 nitrogen and oxygen atoms in total. The molecule has 138 valence electrons. The Bertz CT molecular complexity index is 719. The van der Waals surface area contributed by atoms with Crippen molar-refractivity contribution < 1.29 is 4.79 Å². The first-order chi connectivity index (χ1) is 12.6. The van der Waals surface area contributed by atoms with Crippen LogP contribution in [0.25, 0.3) is 0 Å². The van der Waals surface area contributed by atoms with Gasteiger partial charge in [-0.15, -0.1) is 0 Å². The molecule has 1 N–H and O–H groups in total. The highest BCUT2D eigenvalue weighted by Crippen LogP contribution is 2.21. The molecule has 0 bridgehead atoms. The van der Waals surface area contributed by atoms with Crippen molar-refractivity contribution in [2.75, 3.05) is 38.1 Å². The number of amides is 1. The number of carbonyl (C=O) groups is 1.